The third-order valence-corrected chi connectivity index (χ3v) is 5.31. The highest BCUT2D eigenvalue weighted by molar-refractivity contribution is 7.91. The summed E-state index contributed by atoms with van der Waals surface area (Å²) < 4.78 is 26.7. The number of nitrogens with zero attached hydrogens (tertiary/aromatic N) is 4. The number of aromatic nitrogens is 4. The van der Waals surface area contributed by atoms with Crippen molar-refractivity contribution in [3.63, 3.8) is 0 Å². The van der Waals surface area contributed by atoms with Crippen LogP contribution in [0.5, 0.6) is 0 Å². The maximum absolute atomic E-state index is 12.6. The molecule has 3 rings (SSSR count). The van der Waals surface area contributed by atoms with Crippen LogP contribution in [0.1, 0.15) is 23.4 Å². The van der Waals surface area contributed by atoms with Crippen LogP contribution in [0.4, 0.5) is 0 Å². The molecule has 1 aromatic carbocycles. The Morgan fingerprint density at radius 3 is 2.57 bits per heavy atom. The van der Waals surface area contributed by atoms with E-state index in [1.165, 1.54) is 4.40 Å². The second kappa shape index (κ2) is 6.08. The zero-order valence-corrected chi connectivity index (χ0v) is 13.9. The van der Waals surface area contributed by atoms with Gasteiger partial charge in [0.1, 0.15) is 0 Å². The van der Waals surface area contributed by atoms with Crippen molar-refractivity contribution >= 4 is 15.6 Å². The van der Waals surface area contributed by atoms with Crippen LogP contribution in [0, 0.1) is 13.8 Å². The Labute approximate surface area is 135 Å². The summed E-state index contributed by atoms with van der Waals surface area (Å²) in [5.74, 6) is 0.361. The summed E-state index contributed by atoms with van der Waals surface area (Å²) in [5, 5.41) is 7.73. The predicted octanol–water partition coefficient (Wildman–Crippen LogP) is 2.15. The minimum absolute atomic E-state index is 0.0226. The number of fused-ring (bicyclic) bond motifs is 1. The zero-order valence-electron chi connectivity index (χ0n) is 13.1. The van der Waals surface area contributed by atoms with Gasteiger partial charge in [-0.2, -0.15) is 0 Å². The second-order valence-corrected chi connectivity index (χ2v) is 7.57. The van der Waals surface area contributed by atoms with Gasteiger partial charge in [-0.15, -0.1) is 10.2 Å². The lowest BCUT2D eigenvalue weighted by Gasteiger charge is -2.06. The summed E-state index contributed by atoms with van der Waals surface area (Å²) in [6.45, 7) is 3.67. The molecule has 0 bridgehead atoms. The number of aryl methyl sites for hydroxylation is 3. The lowest BCUT2D eigenvalue weighted by molar-refractivity contribution is 0.581. The molecule has 2 aromatic heterocycles. The van der Waals surface area contributed by atoms with Crippen molar-refractivity contribution in [2.45, 2.75) is 31.8 Å². The number of sulfone groups is 1. The SMILES string of the molecule is Cc1cc(C)n2c(S(=O)(=O)CCCc3ccccc3)nnc2n1. The van der Waals surface area contributed by atoms with Gasteiger partial charge in [0.25, 0.3) is 10.9 Å². The highest BCUT2D eigenvalue weighted by atomic mass is 32.2. The summed E-state index contributed by atoms with van der Waals surface area (Å²) in [6, 6.07) is 11.7. The van der Waals surface area contributed by atoms with Crippen LogP contribution in [-0.2, 0) is 16.3 Å². The molecule has 0 saturated carbocycles. The van der Waals surface area contributed by atoms with Crippen LogP contribution in [0.3, 0.4) is 0 Å². The molecule has 0 N–H and O–H groups in total. The van der Waals surface area contributed by atoms with Crippen LogP contribution in [-0.4, -0.2) is 33.8 Å². The predicted molar refractivity (Wildman–Crippen MR) is 87.1 cm³/mol. The van der Waals surface area contributed by atoms with Crippen molar-refractivity contribution in [3.05, 3.63) is 53.3 Å². The smallest absolute Gasteiger partial charge is 0.254 e. The molecule has 2 heterocycles. The number of hydrogen-bond donors (Lipinski definition) is 0. The van der Waals surface area contributed by atoms with Crippen molar-refractivity contribution < 1.29 is 8.42 Å². The Morgan fingerprint density at radius 2 is 1.83 bits per heavy atom. The molecule has 23 heavy (non-hydrogen) atoms. The first-order chi connectivity index (χ1) is 11.0. The van der Waals surface area contributed by atoms with Gasteiger partial charge in [0.15, 0.2) is 0 Å². The molecule has 0 fully saturated rings. The van der Waals surface area contributed by atoms with Gasteiger partial charge in [-0.05, 0) is 38.3 Å². The van der Waals surface area contributed by atoms with E-state index in [1.54, 1.807) is 0 Å². The van der Waals surface area contributed by atoms with E-state index < -0.39 is 9.84 Å². The van der Waals surface area contributed by atoms with Crippen LogP contribution < -0.4 is 0 Å². The van der Waals surface area contributed by atoms with Gasteiger partial charge in [-0.25, -0.2) is 13.4 Å². The number of rotatable bonds is 5. The maximum Gasteiger partial charge on any atom is 0.256 e. The van der Waals surface area contributed by atoms with Gasteiger partial charge in [-0.1, -0.05) is 30.3 Å². The minimum Gasteiger partial charge on any atom is -0.254 e. The average molecular weight is 330 g/mol. The normalized spacial score (nSPS) is 11.9. The van der Waals surface area contributed by atoms with Gasteiger partial charge < -0.3 is 0 Å². The Bertz CT molecular complexity index is 933. The first-order valence-corrected chi connectivity index (χ1v) is 9.09. The van der Waals surface area contributed by atoms with E-state index in [0.717, 1.165) is 17.0 Å². The van der Waals surface area contributed by atoms with Crippen molar-refractivity contribution in [1.29, 1.82) is 0 Å². The van der Waals surface area contributed by atoms with E-state index in [0.29, 0.717) is 18.6 Å². The third-order valence-electron chi connectivity index (χ3n) is 3.66. The number of hydrogen-bond acceptors (Lipinski definition) is 5. The fourth-order valence-electron chi connectivity index (χ4n) is 2.60. The Kier molecular flexibility index (Phi) is 4.12. The molecule has 0 aliphatic rings. The molecule has 0 atom stereocenters. The van der Waals surface area contributed by atoms with Crippen molar-refractivity contribution in [1.82, 2.24) is 19.6 Å². The van der Waals surface area contributed by atoms with E-state index in [4.69, 9.17) is 0 Å². The molecule has 0 radical (unpaired) electrons. The standard InChI is InChI=1S/C16H18N4O2S/c1-12-11-13(2)20-15(17-12)18-19-16(20)23(21,22)10-6-9-14-7-4-3-5-8-14/h3-5,7-8,11H,6,9-10H2,1-2H3. The summed E-state index contributed by atoms with van der Waals surface area (Å²) >= 11 is 0. The van der Waals surface area contributed by atoms with E-state index in [2.05, 4.69) is 15.2 Å². The monoisotopic (exact) mass is 330 g/mol. The molecular formula is C16H18N4O2S. The highest BCUT2D eigenvalue weighted by Gasteiger charge is 2.23. The van der Waals surface area contributed by atoms with Crippen LogP contribution in [0.2, 0.25) is 0 Å². The van der Waals surface area contributed by atoms with Crippen molar-refractivity contribution in [2.75, 3.05) is 5.75 Å². The lowest BCUT2D eigenvalue weighted by atomic mass is 10.1. The van der Waals surface area contributed by atoms with E-state index in [9.17, 15) is 8.42 Å². The molecule has 120 valence electrons. The molecule has 3 aromatic rings. The van der Waals surface area contributed by atoms with Gasteiger partial charge in [0, 0.05) is 11.4 Å². The molecule has 0 spiro atoms. The van der Waals surface area contributed by atoms with Crippen LogP contribution in [0.25, 0.3) is 5.78 Å². The molecule has 0 saturated heterocycles. The maximum atomic E-state index is 12.6. The second-order valence-electron chi connectivity index (χ2n) is 5.56. The molecule has 7 heteroatoms. The molecule has 6 nitrogen and oxygen atoms in total. The summed E-state index contributed by atoms with van der Waals surface area (Å²) in [7, 11) is -3.50. The van der Waals surface area contributed by atoms with Crippen LogP contribution in [0.15, 0.2) is 41.6 Å². The third kappa shape index (κ3) is 3.24. The summed E-state index contributed by atoms with van der Waals surface area (Å²) in [6.07, 6.45) is 1.26. The zero-order chi connectivity index (χ0) is 16.4. The molecular weight excluding hydrogens is 312 g/mol. The quantitative estimate of drug-likeness (QED) is 0.716. The fraction of sp³-hybridized carbons (Fsp3) is 0.312. The first-order valence-electron chi connectivity index (χ1n) is 7.43. The largest absolute Gasteiger partial charge is 0.256 e. The number of benzene rings is 1. The highest BCUT2D eigenvalue weighted by Crippen LogP contribution is 2.15. The lowest BCUT2D eigenvalue weighted by Crippen LogP contribution is -2.13. The minimum atomic E-state index is -3.50. The van der Waals surface area contributed by atoms with Gasteiger partial charge in [0.05, 0.1) is 5.75 Å². The van der Waals surface area contributed by atoms with Crippen molar-refractivity contribution in [2.24, 2.45) is 0 Å². The Balaban J connectivity index is 1.83. The average Bonchev–Trinajstić information content (AvgIpc) is 2.93. The summed E-state index contributed by atoms with van der Waals surface area (Å²) in [4.78, 5) is 4.22. The van der Waals surface area contributed by atoms with E-state index >= 15 is 0 Å². The van der Waals surface area contributed by atoms with Gasteiger partial charge in [0.2, 0.25) is 9.84 Å². The topological polar surface area (TPSA) is 77.2 Å². The first kappa shape index (κ1) is 15.6. The fourth-order valence-corrected chi connectivity index (χ4v) is 3.98. The van der Waals surface area contributed by atoms with E-state index in [-0.39, 0.29) is 10.9 Å². The van der Waals surface area contributed by atoms with E-state index in [1.807, 2.05) is 50.2 Å². The molecule has 0 aliphatic carbocycles. The Hall–Kier alpha value is -2.28. The molecule has 0 unspecified atom stereocenters. The van der Waals surface area contributed by atoms with Gasteiger partial charge in [-0.3, -0.25) is 4.40 Å². The van der Waals surface area contributed by atoms with Crippen LogP contribution >= 0.6 is 0 Å². The molecule has 0 amide bonds. The Morgan fingerprint density at radius 1 is 1.09 bits per heavy atom. The molecule has 0 aliphatic heterocycles. The van der Waals surface area contributed by atoms with Crippen molar-refractivity contribution in [3.8, 4) is 0 Å². The summed E-state index contributed by atoms with van der Waals surface area (Å²) in [5.41, 5.74) is 2.68. The van der Waals surface area contributed by atoms with Gasteiger partial charge >= 0.3 is 0 Å².